The summed E-state index contributed by atoms with van der Waals surface area (Å²) in [7, 11) is 2.94. The van der Waals surface area contributed by atoms with Crippen molar-refractivity contribution in [3.63, 3.8) is 0 Å². The molecule has 0 aliphatic carbocycles. The molecule has 5 nitrogen and oxygen atoms in total. The Kier molecular flexibility index (Phi) is 4.78. The molecular weight excluding hydrogens is 224 g/mol. The Hall–Kier alpha value is -1.75. The molecule has 0 saturated carbocycles. The SMILES string of the molecule is COc1cccc(C(=O)OO[C](C)C)c1OC. The zero-order chi connectivity index (χ0) is 12.8. The van der Waals surface area contributed by atoms with Crippen LogP contribution in [0.15, 0.2) is 18.2 Å². The minimum absolute atomic E-state index is 0.244. The van der Waals surface area contributed by atoms with Gasteiger partial charge in [0, 0.05) is 0 Å². The van der Waals surface area contributed by atoms with Gasteiger partial charge >= 0.3 is 5.97 Å². The molecule has 0 amide bonds. The maximum absolute atomic E-state index is 11.7. The van der Waals surface area contributed by atoms with E-state index in [1.54, 1.807) is 32.0 Å². The van der Waals surface area contributed by atoms with Gasteiger partial charge in [-0.15, -0.1) is 0 Å². The Morgan fingerprint density at radius 1 is 1.06 bits per heavy atom. The van der Waals surface area contributed by atoms with E-state index >= 15 is 0 Å². The number of carbonyl (C=O) groups excluding carboxylic acids is 1. The molecule has 0 spiro atoms. The topological polar surface area (TPSA) is 54.0 Å². The van der Waals surface area contributed by atoms with Crippen LogP contribution in [0.25, 0.3) is 0 Å². The minimum Gasteiger partial charge on any atom is -0.493 e. The molecule has 0 saturated heterocycles. The molecule has 0 aromatic heterocycles. The van der Waals surface area contributed by atoms with Crippen molar-refractivity contribution in [2.24, 2.45) is 0 Å². The van der Waals surface area contributed by atoms with Crippen molar-refractivity contribution in [1.82, 2.24) is 0 Å². The molecule has 0 heterocycles. The van der Waals surface area contributed by atoms with Gasteiger partial charge in [0.1, 0.15) is 11.7 Å². The summed E-state index contributed by atoms with van der Waals surface area (Å²) in [6.45, 7) is 3.35. The van der Waals surface area contributed by atoms with Crippen LogP contribution in [0.4, 0.5) is 0 Å². The number of ether oxygens (including phenoxy) is 2. The summed E-state index contributed by atoms with van der Waals surface area (Å²) in [5.41, 5.74) is 0.244. The Balaban J connectivity index is 2.92. The monoisotopic (exact) mass is 239 g/mol. The Morgan fingerprint density at radius 2 is 1.76 bits per heavy atom. The highest BCUT2D eigenvalue weighted by Gasteiger charge is 2.18. The van der Waals surface area contributed by atoms with Crippen LogP contribution in [-0.4, -0.2) is 20.2 Å². The second kappa shape index (κ2) is 6.10. The molecule has 0 N–H and O–H groups in total. The first-order chi connectivity index (χ1) is 8.10. The van der Waals surface area contributed by atoms with Crippen molar-refractivity contribution >= 4 is 5.97 Å². The van der Waals surface area contributed by atoms with Crippen molar-refractivity contribution in [2.45, 2.75) is 13.8 Å². The summed E-state index contributed by atoms with van der Waals surface area (Å²) in [4.78, 5) is 21.0. The molecule has 0 fully saturated rings. The molecule has 0 unspecified atom stereocenters. The van der Waals surface area contributed by atoms with Crippen LogP contribution >= 0.6 is 0 Å². The van der Waals surface area contributed by atoms with Crippen LogP contribution in [0.1, 0.15) is 24.2 Å². The van der Waals surface area contributed by atoms with Gasteiger partial charge in [-0.3, -0.25) is 4.89 Å². The van der Waals surface area contributed by atoms with E-state index in [0.717, 1.165) is 0 Å². The normalized spacial score (nSPS) is 10.2. The zero-order valence-electron chi connectivity index (χ0n) is 10.3. The molecule has 0 atom stereocenters. The average molecular weight is 239 g/mol. The van der Waals surface area contributed by atoms with E-state index in [9.17, 15) is 4.79 Å². The lowest BCUT2D eigenvalue weighted by Gasteiger charge is -2.11. The smallest absolute Gasteiger partial charge is 0.376 e. The summed E-state index contributed by atoms with van der Waals surface area (Å²) in [6, 6.07) is 4.92. The standard InChI is InChI=1S/C12H15O5/c1-8(2)16-17-12(13)9-6-5-7-10(14-3)11(9)15-4/h5-7H,1-4H3. The molecule has 5 heteroatoms. The maximum Gasteiger partial charge on any atom is 0.376 e. The molecule has 1 radical (unpaired) electrons. The van der Waals surface area contributed by atoms with Gasteiger partial charge in [-0.1, -0.05) is 6.07 Å². The largest absolute Gasteiger partial charge is 0.493 e. The first kappa shape index (κ1) is 13.3. The maximum atomic E-state index is 11.7. The summed E-state index contributed by atoms with van der Waals surface area (Å²) in [5.74, 6) is 0.137. The van der Waals surface area contributed by atoms with Gasteiger partial charge in [-0.25, -0.2) is 4.79 Å². The lowest BCUT2D eigenvalue weighted by molar-refractivity contribution is -0.229. The van der Waals surface area contributed by atoms with E-state index in [0.29, 0.717) is 17.6 Å². The number of benzene rings is 1. The minimum atomic E-state index is -0.637. The number of methoxy groups -OCH3 is 2. The Bertz CT molecular complexity index is 386. The van der Waals surface area contributed by atoms with Crippen molar-refractivity contribution in [3.05, 3.63) is 29.9 Å². The Morgan fingerprint density at radius 3 is 2.29 bits per heavy atom. The van der Waals surface area contributed by atoms with Gasteiger partial charge in [-0.05, 0) is 26.0 Å². The Labute approximate surface area is 100 Å². The molecule has 93 valence electrons. The third-order valence-corrected chi connectivity index (χ3v) is 1.91. The molecule has 17 heavy (non-hydrogen) atoms. The summed E-state index contributed by atoms with van der Waals surface area (Å²) in [6.07, 6.45) is 0.528. The third kappa shape index (κ3) is 3.35. The van der Waals surface area contributed by atoms with Crippen molar-refractivity contribution in [1.29, 1.82) is 0 Å². The zero-order valence-corrected chi connectivity index (χ0v) is 10.3. The predicted octanol–water partition coefficient (Wildman–Crippen LogP) is 2.36. The van der Waals surface area contributed by atoms with E-state index in [2.05, 4.69) is 4.89 Å². The number of carbonyl (C=O) groups is 1. The van der Waals surface area contributed by atoms with Gasteiger partial charge in [-0.2, -0.15) is 4.89 Å². The number of hydrogen-bond acceptors (Lipinski definition) is 5. The van der Waals surface area contributed by atoms with E-state index in [1.807, 2.05) is 0 Å². The lowest BCUT2D eigenvalue weighted by Crippen LogP contribution is -2.09. The molecule has 1 aromatic carbocycles. The quantitative estimate of drug-likeness (QED) is 0.583. The van der Waals surface area contributed by atoms with Crippen LogP contribution in [0.5, 0.6) is 11.5 Å². The molecular formula is C12H15O5. The fourth-order valence-corrected chi connectivity index (χ4v) is 1.21. The number of hydrogen-bond donors (Lipinski definition) is 0. The third-order valence-electron chi connectivity index (χ3n) is 1.91. The van der Waals surface area contributed by atoms with E-state index in [4.69, 9.17) is 14.4 Å². The van der Waals surface area contributed by atoms with Gasteiger partial charge in [0.05, 0.1) is 14.2 Å². The van der Waals surface area contributed by atoms with Gasteiger partial charge in [0.15, 0.2) is 11.5 Å². The number of para-hydroxylation sites is 1. The predicted molar refractivity (Wildman–Crippen MR) is 60.6 cm³/mol. The first-order valence-corrected chi connectivity index (χ1v) is 5.00. The highest BCUT2D eigenvalue weighted by atomic mass is 17.2. The second-order valence-corrected chi connectivity index (χ2v) is 3.40. The van der Waals surface area contributed by atoms with Crippen LogP contribution in [0, 0.1) is 6.10 Å². The fraction of sp³-hybridized carbons (Fsp3) is 0.333. The van der Waals surface area contributed by atoms with Crippen LogP contribution in [0.2, 0.25) is 0 Å². The molecule has 0 aliphatic rings. The summed E-state index contributed by atoms with van der Waals surface area (Å²) in [5, 5.41) is 0. The van der Waals surface area contributed by atoms with Crippen LogP contribution in [-0.2, 0) is 9.78 Å². The van der Waals surface area contributed by atoms with E-state index in [1.165, 1.54) is 14.2 Å². The molecule has 0 bridgehead atoms. The molecule has 1 rings (SSSR count). The van der Waals surface area contributed by atoms with E-state index < -0.39 is 5.97 Å². The van der Waals surface area contributed by atoms with E-state index in [-0.39, 0.29) is 5.56 Å². The van der Waals surface area contributed by atoms with Crippen molar-refractivity contribution < 1.29 is 24.0 Å². The second-order valence-electron chi connectivity index (χ2n) is 3.40. The van der Waals surface area contributed by atoms with Crippen molar-refractivity contribution in [2.75, 3.05) is 14.2 Å². The van der Waals surface area contributed by atoms with Crippen molar-refractivity contribution in [3.8, 4) is 11.5 Å². The van der Waals surface area contributed by atoms with Gasteiger partial charge in [0.2, 0.25) is 0 Å². The highest BCUT2D eigenvalue weighted by Crippen LogP contribution is 2.31. The van der Waals surface area contributed by atoms with Crippen LogP contribution in [0.3, 0.4) is 0 Å². The number of rotatable bonds is 5. The summed E-state index contributed by atoms with van der Waals surface area (Å²) >= 11 is 0. The average Bonchev–Trinajstić information content (AvgIpc) is 2.34. The van der Waals surface area contributed by atoms with Gasteiger partial charge in [0.25, 0.3) is 0 Å². The molecule has 0 aliphatic heterocycles. The fourth-order valence-electron chi connectivity index (χ4n) is 1.21. The van der Waals surface area contributed by atoms with Crippen LogP contribution < -0.4 is 9.47 Å². The lowest BCUT2D eigenvalue weighted by atomic mass is 10.2. The highest BCUT2D eigenvalue weighted by molar-refractivity contribution is 5.93. The summed E-state index contributed by atoms with van der Waals surface area (Å²) < 4.78 is 10.2. The molecule has 1 aromatic rings. The first-order valence-electron chi connectivity index (χ1n) is 5.00. The van der Waals surface area contributed by atoms with Gasteiger partial charge < -0.3 is 9.47 Å².